The van der Waals surface area contributed by atoms with Gasteiger partial charge in [0.1, 0.15) is 0 Å². The Labute approximate surface area is 114 Å². The molecule has 98 valence electrons. The van der Waals surface area contributed by atoms with Crippen molar-refractivity contribution >= 4 is 18.4 Å². The summed E-state index contributed by atoms with van der Waals surface area (Å²) in [5, 5.41) is 0. The second-order valence-corrected chi connectivity index (χ2v) is 5.69. The van der Waals surface area contributed by atoms with Gasteiger partial charge in [-0.15, -0.1) is 0 Å². The normalized spacial score (nSPS) is 11.9. The van der Waals surface area contributed by atoms with Crippen LogP contribution in [0.2, 0.25) is 0 Å². The lowest BCUT2D eigenvalue weighted by molar-refractivity contribution is 0.111. The third kappa shape index (κ3) is 3.44. The summed E-state index contributed by atoms with van der Waals surface area (Å²) in [6.07, 6.45) is 4.82. The first-order valence-electron chi connectivity index (χ1n) is 6.42. The van der Waals surface area contributed by atoms with E-state index in [4.69, 9.17) is 0 Å². The molecular weight excluding hydrogens is 234 g/mol. The molecule has 19 heavy (non-hydrogen) atoms. The predicted molar refractivity (Wildman–Crippen MR) is 80.3 cm³/mol. The Morgan fingerprint density at radius 3 is 2.05 bits per heavy atom. The van der Waals surface area contributed by atoms with Crippen molar-refractivity contribution in [3.8, 4) is 0 Å². The number of aromatic nitrogens is 1. The fourth-order valence-corrected chi connectivity index (χ4v) is 1.88. The molecule has 2 aromatic rings. The molecule has 2 heteroatoms. The van der Waals surface area contributed by atoms with Crippen LogP contribution in [-0.4, -0.2) is 11.3 Å². The molecule has 0 spiro atoms. The first-order chi connectivity index (χ1) is 8.99. The largest absolute Gasteiger partial charge is 0.353 e. The van der Waals surface area contributed by atoms with Gasteiger partial charge in [0.25, 0.3) is 0 Å². The highest BCUT2D eigenvalue weighted by molar-refractivity contribution is 5.75. The predicted octanol–water partition coefficient (Wildman–Crippen LogP) is 4.30. The summed E-state index contributed by atoms with van der Waals surface area (Å²) in [5.74, 6) is 0. The number of nitrogens with one attached hydrogen (secondary N) is 1. The highest BCUT2D eigenvalue weighted by atomic mass is 16.1. The molecule has 2 rings (SSSR count). The molecule has 2 nitrogen and oxygen atoms in total. The van der Waals surface area contributed by atoms with Crippen LogP contribution in [-0.2, 0) is 5.41 Å². The van der Waals surface area contributed by atoms with E-state index in [1.165, 1.54) is 5.56 Å². The van der Waals surface area contributed by atoms with Gasteiger partial charge in [-0.1, -0.05) is 51.1 Å². The summed E-state index contributed by atoms with van der Waals surface area (Å²) in [7, 11) is 0. The molecule has 0 aliphatic heterocycles. The summed E-state index contributed by atoms with van der Waals surface area (Å²) in [4.78, 5) is 13.6. The fraction of sp³-hybridized carbons (Fsp3) is 0.235. The van der Waals surface area contributed by atoms with E-state index in [0.717, 1.165) is 17.5 Å². The summed E-state index contributed by atoms with van der Waals surface area (Å²) in [6, 6.07) is 12.2. The van der Waals surface area contributed by atoms with Gasteiger partial charge < -0.3 is 4.98 Å². The lowest BCUT2D eigenvalue weighted by atomic mass is 9.87. The van der Waals surface area contributed by atoms with Crippen molar-refractivity contribution in [2.45, 2.75) is 26.2 Å². The van der Waals surface area contributed by atoms with Crippen LogP contribution < -0.4 is 0 Å². The first kappa shape index (κ1) is 13.3. The van der Waals surface area contributed by atoms with Crippen molar-refractivity contribution in [1.82, 2.24) is 4.98 Å². The van der Waals surface area contributed by atoms with Crippen molar-refractivity contribution in [1.29, 1.82) is 0 Å². The second kappa shape index (κ2) is 5.27. The quantitative estimate of drug-likeness (QED) is 0.813. The summed E-state index contributed by atoms with van der Waals surface area (Å²) < 4.78 is 0. The van der Waals surface area contributed by atoms with Gasteiger partial charge in [0.05, 0.1) is 5.69 Å². The number of aldehydes is 1. The molecule has 0 saturated heterocycles. The third-order valence-electron chi connectivity index (χ3n) is 3.09. The van der Waals surface area contributed by atoms with Crippen molar-refractivity contribution < 1.29 is 4.79 Å². The maximum Gasteiger partial charge on any atom is 0.166 e. The Bertz CT molecular complexity index is 582. The minimum atomic E-state index is 0.181. The Morgan fingerprint density at radius 1 is 0.895 bits per heavy atom. The molecular formula is C17H19NO. The van der Waals surface area contributed by atoms with Gasteiger partial charge in [-0.05, 0) is 34.8 Å². The van der Waals surface area contributed by atoms with E-state index >= 15 is 0 Å². The number of rotatable bonds is 3. The van der Waals surface area contributed by atoms with Gasteiger partial charge in [0, 0.05) is 5.69 Å². The standard InChI is InChI=1S/C17H19NO/c1-17(2,3)14-7-4-13(5-8-14)6-9-15-10-11-16(12-19)18-15/h4-12,18H,1-3H3. The van der Waals surface area contributed by atoms with Gasteiger partial charge in [-0.25, -0.2) is 0 Å². The fourth-order valence-electron chi connectivity index (χ4n) is 1.88. The SMILES string of the molecule is CC(C)(C)c1ccc(C=Cc2ccc(C=O)[nH]2)cc1. The Hall–Kier alpha value is -2.09. The van der Waals surface area contributed by atoms with Crippen molar-refractivity contribution in [2.24, 2.45) is 0 Å². The molecule has 0 bridgehead atoms. The average Bonchev–Trinajstić information content (AvgIpc) is 2.84. The van der Waals surface area contributed by atoms with Crippen LogP contribution in [0.5, 0.6) is 0 Å². The van der Waals surface area contributed by atoms with E-state index < -0.39 is 0 Å². The smallest absolute Gasteiger partial charge is 0.166 e. The summed E-state index contributed by atoms with van der Waals surface area (Å²) in [6.45, 7) is 6.62. The average molecular weight is 253 g/mol. The van der Waals surface area contributed by atoms with Crippen LogP contribution in [0.25, 0.3) is 12.2 Å². The van der Waals surface area contributed by atoms with Gasteiger partial charge >= 0.3 is 0 Å². The monoisotopic (exact) mass is 253 g/mol. The number of aromatic amines is 1. The lowest BCUT2D eigenvalue weighted by Gasteiger charge is -2.18. The van der Waals surface area contributed by atoms with Gasteiger partial charge in [-0.3, -0.25) is 4.79 Å². The lowest BCUT2D eigenvalue weighted by Crippen LogP contribution is -2.10. The van der Waals surface area contributed by atoms with Crippen LogP contribution in [0.15, 0.2) is 36.4 Å². The van der Waals surface area contributed by atoms with E-state index in [-0.39, 0.29) is 5.41 Å². The number of H-pyrrole nitrogens is 1. The van der Waals surface area contributed by atoms with Crippen molar-refractivity contribution in [3.05, 3.63) is 58.9 Å². The van der Waals surface area contributed by atoms with E-state index in [1.807, 2.05) is 18.2 Å². The number of hydrogen-bond acceptors (Lipinski definition) is 1. The molecule has 0 aliphatic rings. The zero-order chi connectivity index (χ0) is 13.9. The minimum Gasteiger partial charge on any atom is -0.353 e. The Kier molecular flexibility index (Phi) is 3.70. The second-order valence-electron chi connectivity index (χ2n) is 5.69. The van der Waals surface area contributed by atoms with E-state index in [9.17, 15) is 4.79 Å². The Balaban J connectivity index is 2.13. The number of carbonyl (C=O) groups is 1. The maximum atomic E-state index is 10.6. The molecule has 0 aliphatic carbocycles. The van der Waals surface area contributed by atoms with E-state index in [2.05, 4.69) is 50.0 Å². The first-order valence-corrected chi connectivity index (χ1v) is 6.42. The molecule has 1 aromatic carbocycles. The molecule has 1 heterocycles. The Morgan fingerprint density at radius 2 is 1.53 bits per heavy atom. The maximum absolute atomic E-state index is 10.6. The van der Waals surface area contributed by atoms with Crippen LogP contribution in [0.4, 0.5) is 0 Å². The van der Waals surface area contributed by atoms with Gasteiger partial charge in [-0.2, -0.15) is 0 Å². The van der Waals surface area contributed by atoms with E-state index in [1.54, 1.807) is 6.07 Å². The van der Waals surface area contributed by atoms with Crippen LogP contribution >= 0.6 is 0 Å². The van der Waals surface area contributed by atoms with Crippen LogP contribution in [0.3, 0.4) is 0 Å². The highest BCUT2D eigenvalue weighted by Crippen LogP contribution is 2.22. The molecule has 0 fully saturated rings. The molecule has 0 saturated carbocycles. The number of benzene rings is 1. The summed E-state index contributed by atoms with van der Waals surface area (Å²) >= 11 is 0. The molecule has 0 unspecified atom stereocenters. The molecule has 1 N–H and O–H groups in total. The van der Waals surface area contributed by atoms with Crippen molar-refractivity contribution in [2.75, 3.05) is 0 Å². The van der Waals surface area contributed by atoms with Crippen LogP contribution in [0, 0.1) is 0 Å². The third-order valence-corrected chi connectivity index (χ3v) is 3.09. The topological polar surface area (TPSA) is 32.9 Å². The zero-order valence-corrected chi connectivity index (χ0v) is 11.6. The number of carbonyl (C=O) groups excluding carboxylic acids is 1. The minimum absolute atomic E-state index is 0.181. The molecule has 0 radical (unpaired) electrons. The molecule has 0 atom stereocenters. The van der Waals surface area contributed by atoms with Gasteiger partial charge in [0.2, 0.25) is 0 Å². The summed E-state index contributed by atoms with van der Waals surface area (Å²) in [5.41, 5.74) is 4.19. The molecule has 1 aromatic heterocycles. The van der Waals surface area contributed by atoms with Crippen molar-refractivity contribution in [3.63, 3.8) is 0 Å². The zero-order valence-electron chi connectivity index (χ0n) is 11.6. The van der Waals surface area contributed by atoms with Crippen LogP contribution in [0.1, 0.15) is 48.1 Å². The molecule has 0 amide bonds. The number of hydrogen-bond donors (Lipinski definition) is 1. The van der Waals surface area contributed by atoms with E-state index in [0.29, 0.717) is 5.69 Å². The van der Waals surface area contributed by atoms with Gasteiger partial charge in [0.15, 0.2) is 6.29 Å². The highest BCUT2D eigenvalue weighted by Gasteiger charge is 2.12.